The van der Waals surface area contributed by atoms with Crippen molar-refractivity contribution < 1.29 is 4.79 Å². The van der Waals surface area contributed by atoms with Gasteiger partial charge in [0.25, 0.3) is 5.56 Å². The number of nitrogens with one attached hydrogen (secondary N) is 2. The Morgan fingerprint density at radius 3 is 2.86 bits per heavy atom. The molecule has 0 aromatic carbocycles. The fourth-order valence-electron chi connectivity index (χ4n) is 4.62. The van der Waals surface area contributed by atoms with E-state index in [1.807, 2.05) is 11.4 Å². The van der Waals surface area contributed by atoms with Crippen LogP contribution in [0, 0.1) is 16.6 Å². The van der Waals surface area contributed by atoms with Gasteiger partial charge in [0, 0.05) is 19.0 Å². The lowest BCUT2D eigenvalue weighted by atomic mass is 9.81. The molecule has 2 aromatic heterocycles. The molecule has 2 heterocycles. The minimum atomic E-state index is 0.00985. The third-order valence-corrected chi connectivity index (χ3v) is 7.60. The molecular formula is C22H29N3O2S2. The molecule has 2 aromatic rings. The summed E-state index contributed by atoms with van der Waals surface area (Å²) in [5.74, 6) is 0.712. The molecule has 0 spiro atoms. The van der Waals surface area contributed by atoms with Crippen LogP contribution >= 0.6 is 23.6 Å². The minimum Gasteiger partial charge on any atom is -0.356 e. The molecular weight excluding hydrogens is 402 g/mol. The van der Waals surface area contributed by atoms with Crippen LogP contribution in [0.4, 0.5) is 0 Å². The van der Waals surface area contributed by atoms with Crippen LogP contribution < -0.4 is 10.9 Å². The number of carbonyl (C=O) groups is 1. The van der Waals surface area contributed by atoms with Gasteiger partial charge in [-0.05, 0) is 87.4 Å². The normalized spacial score (nSPS) is 22.4. The highest BCUT2D eigenvalue weighted by Gasteiger charge is 2.27. The fraction of sp³-hybridized carbons (Fsp3) is 0.591. The number of carbonyl (C=O) groups excluding carboxylic acids is 1. The molecule has 156 valence electrons. The Bertz CT molecular complexity index is 1010. The van der Waals surface area contributed by atoms with Crippen molar-refractivity contribution in [2.45, 2.75) is 64.3 Å². The Kier molecular flexibility index (Phi) is 6.65. The van der Waals surface area contributed by atoms with E-state index in [9.17, 15) is 9.59 Å². The summed E-state index contributed by atoms with van der Waals surface area (Å²) in [5, 5.41) is 5.06. The van der Waals surface area contributed by atoms with Gasteiger partial charge < -0.3 is 10.3 Å². The van der Waals surface area contributed by atoms with Gasteiger partial charge in [0.05, 0.1) is 5.52 Å². The molecule has 5 nitrogen and oxygen atoms in total. The van der Waals surface area contributed by atoms with Gasteiger partial charge in [-0.2, -0.15) is 0 Å². The lowest BCUT2D eigenvalue weighted by Crippen LogP contribution is -2.35. The first kappa shape index (κ1) is 20.5. The van der Waals surface area contributed by atoms with Gasteiger partial charge in [0.1, 0.15) is 4.70 Å². The van der Waals surface area contributed by atoms with Crippen LogP contribution in [0.2, 0.25) is 0 Å². The molecule has 7 heteroatoms. The highest BCUT2D eigenvalue weighted by atomic mass is 32.1. The Morgan fingerprint density at radius 1 is 1.28 bits per heavy atom. The fourth-order valence-corrected chi connectivity index (χ4v) is 5.69. The van der Waals surface area contributed by atoms with Crippen LogP contribution in [0.5, 0.6) is 0 Å². The van der Waals surface area contributed by atoms with Crippen molar-refractivity contribution >= 4 is 39.7 Å². The summed E-state index contributed by atoms with van der Waals surface area (Å²) in [6.07, 6.45) is 12.0. The maximum atomic E-state index is 12.7. The second-order valence-electron chi connectivity index (χ2n) is 8.38. The lowest BCUT2D eigenvalue weighted by molar-refractivity contribution is -0.126. The molecule has 2 aliphatic rings. The van der Waals surface area contributed by atoms with Crippen molar-refractivity contribution in [3.63, 3.8) is 0 Å². The van der Waals surface area contributed by atoms with Crippen molar-refractivity contribution in [2.24, 2.45) is 11.8 Å². The summed E-state index contributed by atoms with van der Waals surface area (Å²) in [5.41, 5.74) is 2.34. The number of aromatic nitrogens is 2. The maximum absolute atomic E-state index is 12.7. The molecule has 0 atom stereocenters. The van der Waals surface area contributed by atoms with Gasteiger partial charge in [0.2, 0.25) is 5.91 Å². The number of nitrogens with zero attached hydrogens (tertiary/aromatic N) is 1. The van der Waals surface area contributed by atoms with Gasteiger partial charge in [-0.1, -0.05) is 11.6 Å². The van der Waals surface area contributed by atoms with E-state index in [1.54, 1.807) is 4.57 Å². The topological polar surface area (TPSA) is 66.9 Å². The van der Waals surface area contributed by atoms with E-state index >= 15 is 0 Å². The average molecular weight is 432 g/mol. The molecule has 0 bridgehead atoms. The first-order valence-corrected chi connectivity index (χ1v) is 12.1. The van der Waals surface area contributed by atoms with E-state index in [0.717, 1.165) is 48.9 Å². The van der Waals surface area contributed by atoms with Crippen LogP contribution in [-0.4, -0.2) is 22.0 Å². The van der Waals surface area contributed by atoms with E-state index < -0.39 is 0 Å². The van der Waals surface area contributed by atoms with E-state index in [1.165, 1.54) is 42.6 Å². The number of H-pyrrole nitrogens is 1. The van der Waals surface area contributed by atoms with Gasteiger partial charge in [-0.3, -0.25) is 14.2 Å². The van der Waals surface area contributed by atoms with Gasteiger partial charge in [0.15, 0.2) is 4.77 Å². The molecule has 0 radical (unpaired) electrons. The molecule has 4 rings (SSSR count). The SMILES string of the molecule is O=C(NCCC1=CCCCC1)C1CCC(Cn2c(=S)[nH]c3ccsc3c2=O)CC1. The molecule has 0 saturated heterocycles. The molecule has 1 amide bonds. The van der Waals surface area contributed by atoms with Crippen molar-refractivity contribution in [3.8, 4) is 0 Å². The Hall–Kier alpha value is -1.73. The first-order chi connectivity index (χ1) is 14.1. The van der Waals surface area contributed by atoms with Gasteiger partial charge in [-0.15, -0.1) is 11.3 Å². The molecule has 0 unspecified atom stereocenters. The predicted octanol–water partition coefficient (Wildman–Crippen LogP) is 4.93. The van der Waals surface area contributed by atoms with Gasteiger partial charge >= 0.3 is 0 Å². The van der Waals surface area contributed by atoms with E-state index in [2.05, 4.69) is 16.4 Å². The van der Waals surface area contributed by atoms with Crippen LogP contribution in [0.15, 0.2) is 27.9 Å². The summed E-state index contributed by atoms with van der Waals surface area (Å²) in [6.45, 7) is 1.40. The molecule has 2 aliphatic carbocycles. The molecule has 29 heavy (non-hydrogen) atoms. The second-order valence-corrected chi connectivity index (χ2v) is 9.68. The first-order valence-electron chi connectivity index (χ1n) is 10.8. The monoisotopic (exact) mass is 431 g/mol. The lowest BCUT2D eigenvalue weighted by Gasteiger charge is -2.28. The average Bonchev–Trinajstić information content (AvgIpc) is 3.21. The van der Waals surface area contributed by atoms with Crippen molar-refractivity contribution in [3.05, 3.63) is 38.2 Å². The minimum absolute atomic E-state index is 0.00985. The smallest absolute Gasteiger partial charge is 0.272 e. The Morgan fingerprint density at radius 2 is 2.10 bits per heavy atom. The molecule has 0 aliphatic heterocycles. The number of aromatic amines is 1. The zero-order valence-electron chi connectivity index (χ0n) is 16.7. The highest BCUT2D eigenvalue weighted by molar-refractivity contribution is 7.71. The largest absolute Gasteiger partial charge is 0.356 e. The third-order valence-electron chi connectivity index (χ3n) is 6.38. The molecule has 1 fully saturated rings. The predicted molar refractivity (Wildman–Crippen MR) is 121 cm³/mol. The number of hydrogen-bond acceptors (Lipinski definition) is 4. The molecule has 2 N–H and O–H groups in total. The quantitative estimate of drug-likeness (QED) is 0.503. The van der Waals surface area contributed by atoms with Crippen molar-refractivity contribution in [1.29, 1.82) is 0 Å². The third kappa shape index (κ3) is 4.89. The Labute approximate surface area is 180 Å². The Balaban J connectivity index is 1.27. The van der Waals surface area contributed by atoms with E-state index in [0.29, 0.717) is 17.2 Å². The van der Waals surface area contributed by atoms with Gasteiger partial charge in [-0.25, -0.2) is 0 Å². The van der Waals surface area contributed by atoms with Crippen LogP contribution in [0.3, 0.4) is 0 Å². The molecule has 1 saturated carbocycles. The number of hydrogen-bond donors (Lipinski definition) is 2. The number of thiophene rings is 1. The number of rotatable bonds is 6. The van der Waals surface area contributed by atoms with E-state index in [-0.39, 0.29) is 17.4 Å². The van der Waals surface area contributed by atoms with Crippen molar-refractivity contribution in [1.82, 2.24) is 14.9 Å². The zero-order valence-corrected chi connectivity index (χ0v) is 18.4. The highest BCUT2D eigenvalue weighted by Crippen LogP contribution is 2.30. The number of fused-ring (bicyclic) bond motifs is 1. The number of allylic oxidation sites excluding steroid dienone is 1. The standard InChI is InChI=1S/C22H29N3O2S2/c26-20(23-12-10-15-4-2-1-3-5-15)17-8-6-16(7-9-17)14-25-21(27)19-18(11-13-29-19)24-22(25)28/h4,11,13,16-17H,1-3,5-10,12,14H2,(H,23,26)(H,24,28). The number of amides is 1. The second kappa shape index (κ2) is 9.39. The summed E-state index contributed by atoms with van der Waals surface area (Å²) in [6, 6.07) is 1.90. The van der Waals surface area contributed by atoms with Crippen molar-refractivity contribution in [2.75, 3.05) is 6.54 Å². The van der Waals surface area contributed by atoms with Crippen LogP contribution in [-0.2, 0) is 11.3 Å². The summed E-state index contributed by atoms with van der Waals surface area (Å²) in [7, 11) is 0. The van der Waals surface area contributed by atoms with E-state index in [4.69, 9.17) is 12.2 Å². The maximum Gasteiger partial charge on any atom is 0.272 e. The van der Waals surface area contributed by atoms with Crippen LogP contribution in [0.1, 0.15) is 57.8 Å². The summed E-state index contributed by atoms with van der Waals surface area (Å²) < 4.78 is 2.94. The zero-order chi connectivity index (χ0) is 20.2. The summed E-state index contributed by atoms with van der Waals surface area (Å²) >= 11 is 6.86. The van der Waals surface area contributed by atoms with Crippen LogP contribution in [0.25, 0.3) is 10.2 Å². The summed E-state index contributed by atoms with van der Waals surface area (Å²) in [4.78, 5) is 28.4.